The number of aliphatic hydroxyl groups excluding tert-OH is 1. The van der Waals surface area contributed by atoms with E-state index in [0.717, 1.165) is 0 Å². The van der Waals surface area contributed by atoms with E-state index in [0.29, 0.717) is 30.2 Å². The number of rotatable bonds is 5. The molecule has 3 rings (SSSR count). The summed E-state index contributed by atoms with van der Waals surface area (Å²) in [6.45, 7) is 2.74. The Morgan fingerprint density at radius 3 is 2.42 bits per heavy atom. The molecule has 0 radical (unpaired) electrons. The third kappa shape index (κ3) is 3.28. The van der Waals surface area contributed by atoms with Crippen LogP contribution in [0.4, 0.5) is 0 Å². The van der Waals surface area contributed by atoms with E-state index in [4.69, 9.17) is 4.42 Å². The van der Waals surface area contributed by atoms with Gasteiger partial charge in [-0.05, 0) is 33.2 Å². The predicted molar refractivity (Wildman–Crippen MR) is 97.5 cm³/mol. The van der Waals surface area contributed by atoms with Crippen LogP contribution in [0.1, 0.15) is 23.1 Å². The first-order valence-corrected chi connectivity index (χ1v) is 8.45. The first kappa shape index (κ1) is 17.9. The molecule has 0 spiro atoms. The summed E-state index contributed by atoms with van der Waals surface area (Å²) in [7, 11) is 3.79. The molecule has 0 saturated carbocycles. The summed E-state index contributed by atoms with van der Waals surface area (Å²) in [5.74, 6) is -0.348. The molecule has 0 bridgehead atoms. The van der Waals surface area contributed by atoms with Gasteiger partial charge in [0.2, 0.25) is 0 Å². The number of carbonyl (C=O) groups excluding carboxylic acids is 2. The molecular formula is C20H22N2O4. The molecule has 136 valence electrons. The molecule has 6 heteroatoms. The molecule has 2 aromatic rings. The highest BCUT2D eigenvalue weighted by molar-refractivity contribution is 6.46. The van der Waals surface area contributed by atoms with Crippen LogP contribution >= 0.6 is 0 Å². The third-order valence-corrected chi connectivity index (χ3v) is 4.41. The van der Waals surface area contributed by atoms with Gasteiger partial charge in [-0.25, -0.2) is 0 Å². The maximum Gasteiger partial charge on any atom is 0.295 e. The van der Waals surface area contributed by atoms with Crippen molar-refractivity contribution in [3.8, 4) is 0 Å². The Balaban J connectivity index is 2.11. The summed E-state index contributed by atoms with van der Waals surface area (Å²) in [4.78, 5) is 28.7. The summed E-state index contributed by atoms with van der Waals surface area (Å²) in [5, 5.41) is 10.8. The quantitative estimate of drug-likeness (QED) is 0.507. The lowest BCUT2D eigenvalue weighted by Gasteiger charge is -2.24. The minimum Gasteiger partial charge on any atom is -0.507 e. The predicted octanol–water partition coefficient (Wildman–Crippen LogP) is 2.57. The molecule has 1 aromatic heterocycles. The van der Waals surface area contributed by atoms with Crippen molar-refractivity contribution in [2.45, 2.75) is 13.0 Å². The number of aryl methyl sites for hydroxylation is 1. The Morgan fingerprint density at radius 2 is 1.85 bits per heavy atom. The molecule has 0 aliphatic carbocycles. The molecule has 0 unspecified atom stereocenters. The summed E-state index contributed by atoms with van der Waals surface area (Å²) in [6, 6.07) is 11.5. The monoisotopic (exact) mass is 354 g/mol. The van der Waals surface area contributed by atoms with E-state index in [2.05, 4.69) is 0 Å². The van der Waals surface area contributed by atoms with Gasteiger partial charge in [0.1, 0.15) is 23.3 Å². The zero-order valence-electron chi connectivity index (χ0n) is 15.1. The van der Waals surface area contributed by atoms with E-state index >= 15 is 0 Å². The minimum atomic E-state index is -0.733. The number of aliphatic hydroxyl groups is 1. The van der Waals surface area contributed by atoms with Gasteiger partial charge in [0.25, 0.3) is 11.7 Å². The fourth-order valence-electron chi connectivity index (χ4n) is 3.07. The van der Waals surface area contributed by atoms with Gasteiger partial charge in [-0.2, -0.15) is 0 Å². The summed E-state index contributed by atoms with van der Waals surface area (Å²) >= 11 is 0. The van der Waals surface area contributed by atoms with Crippen molar-refractivity contribution in [1.82, 2.24) is 9.80 Å². The van der Waals surface area contributed by atoms with E-state index in [1.807, 2.05) is 25.1 Å². The number of benzene rings is 1. The van der Waals surface area contributed by atoms with Gasteiger partial charge in [-0.3, -0.25) is 9.59 Å². The number of amides is 1. The molecule has 1 N–H and O–H groups in total. The van der Waals surface area contributed by atoms with Gasteiger partial charge in [0.05, 0.1) is 5.57 Å². The maximum absolute atomic E-state index is 12.7. The average molecular weight is 354 g/mol. The Hall–Kier alpha value is -2.86. The number of likely N-dealkylation sites (N-methyl/N-ethyl adjacent to an activating group) is 1. The molecule has 1 aliphatic heterocycles. The summed E-state index contributed by atoms with van der Waals surface area (Å²) < 4.78 is 5.71. The number of carbonyl (C=O) groups is 2. The zero-order chi connectivity index (χ0) is 18.8. The Labute approximate surface area is 152 Å². The molecule has 1 aliphatic rings. The highest BCUT2D eigenvalue weighted by atomic mass is 16.3. The van der Waals surface area contributed by atoms with Gasteiger partial charge >= 0.3 is 0 Å². The number of hydrogen-bond donors (Lipinski definition) is 1. The number of hydrogen-bond acceptors (Lipinski definition) is 5. The van der Waals surface area contributed by atoms with Gasteiger partial charge in [-0.15, -0.1) is 0 Å². The highest BCUT2D eigenvalue weighted by Gasteiger charge is 2.47. The lowest BCUT2D eigenvalue weighted by Crippen LogP contribution is -2.35. The van der Waals surface area contributed by atoms with Gasteiger partial charge in [0, 0.05) is 18.7 Å². The lowest BCUT2D eigenvalue weighted by atomic mass is 9.99. The smallest absolute Gasteiger partial charge is 0.295 e. The van der Waals surface area contributed by atoms with Crippen molar-refractivity contribution in [2.75, 3.05) is 27.2 Å². The van der Waals surface area contributed by atoms with Crippen molar-refractivity contribution >= 4 is 17.4 Å². The van der Waals surface area contributed by atoms with Crippen LogP contribution in [0.15, 0.2) is 52.5 Å². The van der Waals surface area contributed by atoms with Crippen LogP contribution in [0.5, 0.6) is 0 Å². The van der Waals surface area contributed by atoms with E-state index in [-0.39, 0.29) is 11.3 Å². The molecule has 1 atom stereocenters. The number of likely N-dealkylation sites (tertiary alicyclic amines) is 1. The largest absolute Gasteiger partial charge is 0.507 e. The molecule has 1 saturated heterocycles. The summed E-state index contributed by atoms with van der Waals surface area (Å²) in [6.07, 6.45) is 0. The highest BCUT2D eigenvalue weighted by Crippen LogP contribution is 2.39. The van der Waals surface area contributed by atoms with E-state index < -0.39 is 17.7 Å². The van der Waals surface area contributed by atoms with Crippen molar-refractivity contribution in [3.63, 3.8) is 0 Å². The van der Waals surface area contributed by atoms with E-state index in [1.54, 1.807) is 43.3 Å². The minimum absolute atomic E-state index is 0.0642. The average Bonchev–Trinajstić information content (AvgIpc) is 3.15. The second-order valence-corrected chi connectivity index (χ2v) is 6.61. The molecule has 6 nitrogen and oxygen atoms in total. The third-order valence-electron chi connectivity index (χ3n) is 4.41. The number of Topliss-reactive ketones (excluding diaryl/α,β-unsaturated/α-hetero) is 1. The SMILES string of the molecule is Cc1ccc([C@H]2C(=C(O)c3ccccc3)C(=O)C(=O)N2CCN(C)C)o1. The fourth-order valence-corrected chi connectivity index (χ4v) is 3.07. The number of nitrogens with zero attached hydrogens (tertiary/aromatic N) is 2. The normalized spacial score (nSPS) is 19.5. The Morgan fingerprint density at radius 1 is 1.15 bits per heavy atom. The van der Waals surface area contributed by atoms with Gasteiger partial charge in [0.15, 0.2) is 0 Å². The Kier molecular flexibility index (Phi) is 4.95. The van der Waals surface area contributed by atoms with Gasteiger partial charge in [-0.1, -0.05) is 30.3 Å². The van der Waals surface area contributed by atoms with Gasteiger partial charge < -0.3 is 19.3 Å². The van der Waals surface area contributed by atoms with Crippen molar-refractivity contribution in [2.24, 2.45) is 0 Å². The molecule has 1 aromatic carbocycles. The zero-order valence-corrected chi connectivity index (χ0v) is 15.1. The van der Waals surface area contributed by atoms with Crippen LogP contribution in [-0.2, 0) is 9.59 Å². The molecule has 26 heavy (non-hydrogen) atoms. The van der Waals surface area contributed by atoms with Crippen LogP contribution < -0.4 is 0 Å². The van der Waals surface area contributed by atoms with Crippen molar-refractivity contribution in [1.29, 1.82) is 0 Å². The number of furan rings is 1. The van der Waals surface area contributed by atoms with Crippen molar-refractivity contribution in [3.05, 3.63) is 65.1 Å². The Bertz CT molecular complexity index is 852. The molecule has 2 heterocycles. The first-order chi connectivity index (χ1) is 12.4. The first-order valence-electron chi connectivity index (χ1n) is 8.45. The van der Waals surface area contributed by atoms with Crippen molar-refractivity contribution < 1.29 is 19.1 Å². The second-order valence-electron chi connectivity index (χ2n) is 6.61. The van der Waals surface area contributed by atoms with Crippen LogP contribution in [0.3, 0.4) is 0 Å². The maximum atomic E-state index is 12.7. The van der Waals surface area contributed by atoms with E-state index in [9.17, 15) is 14.7 Å². The fraction of sp³-hybridized carbons (Fsp3) is 0.300. The standard InChI is InChI=1S/C20H22N2O4/c1-13-9-10-15(26-13)17-16(18(23)14-7-5-4-6-8-14)19(24)20(25)22(17)12-11-21(2)3/h4-10,17,23H,11-12H2,1-3H3/t17-/m0/s1. The van der Waals surface area contributed by atoms with Crippen LogP contribution in [0.2, 0.25) is 0 Å². The molecular weight excluding hydrogens is 332 g/mol. The van der Waals surface area contributed by atoms with Crippen LogP contribution in [0.25, 0.3) is 5.76 Å². The van der Waals surface area contributed by atoms with Crippen LogP contribution in [-0.4, -0.2) is 53.8 Å². The lowest BCUT2D eigenvalue weighted by molar-refractivity contribution is -0.140. The number of ketones is 1. The molecule has 1 fully saturated rings. The topological polar surface area (TPSA) is 74.0 Å². The van der Waals surface area contributed by atoms with Crippen LogP contribution in [0, 0.1) is 6.92 Å². The molecule has 1 amide bonds. The summed E-state index contributed by atoms with van der Waals surface area (Å²) in [5.41, 5.74) is 0.556. The van der Waals surface area contributed by atoms with E-state index in [1.165, 1.54) is 4.90 Å². The second kappa shape index (κ2) is 7.17.